The smallest absolute Gasteiger partial charge is 0.132 e. The van der Waals surface area contributed by atoms with E-state index in [0.29, 0.717) is 13.2 Å². The average molecular weight is 287 g/mol. The van der Waals surface area contributed by atoms with Crippen molar-refractivity contribution in [2.75, 3.05) is 26.9 Å². The Morgan fingerprint density at radius 3 is 2.67 bits per heavy atom. The summed E-state index contributed by atoms with van der Waals surface area (Å²) < 4.78 is 11.1. The molecule has 1 N–H and O–H groups in total. The van der Waals surface area contributed by atoms with Crippen LogP contribution in [0.1, 0.15) is 31.9 Å². The Hall–Kier alpha value is -1.58. The summed E-state index contributed by atoms with van der Waals surface area (Å²) in [5.74, 6) is 0.973. The molecule has 0 saturated carbocycles. The number of ether oxygens (including phenoxy) is 2. The second kappa shape index (κ2) is 8.01. The van der Waals surface area contributed by atoms with Gasteiger partial charge in [0.15, 0.2) is 0 Å². The molecule has 114 valence electrons. The quantitative estimate of drug-likeness (QED) is 0.746. The third kappa shape index (κ3) is 3.96. The number of fused-ring (bicyclic) bond motifs is 1. The molecule has 0 aromatic heterocycles. The van der Waals surface area contributed by atoms with Gasteiger partial charge in [-0.3, -0.25) is 0 Å². The van der Waals surface area contributed by atoms with E-state index in [-0.39, 0.29) is 6.04 Å². The Morgan fingerprint density at radius 2 is 1.90 bits per heavy atom. The minimum atomic E-state index is 0.270. The van der Waals surface area contributed by atoms with E-state index < -0.39 is 0 Å². The van der Waals surface area contributed by atoms with Crippen molar-refractivity contribution in [3.8, 4) is 5.75 Å². The van der Waals surface area contributed by atoms with Crippen LogP contribution in [0.3, 0.4) is 0 Å². The van der Waals surface area contributed by atoms with Gasteiger partial charge in [0.1, 0.15) is 12.4 Å². The van der Waals surface area contributed by atoms with Crippen molar-refractivity contribution >= 4 is 10.8 Å². The fourth-order valence-corrected chi connectivity index (χ4v) is 2.46. The highest BCUT2D eigenvalue weighted by molar-refractivity contribution is 5.89. The highest BCUT2D eigenvalue weighted by Crippen LogP contribution is 2.33. The predicted molar refractivity (Wildman–Crippen MR) is 88.0 cm³/mol. The van der Waals surface area contributed by atoms with Gasteiger partial charge in [0.2, 0.25) is 0 Å². The normalized spacial score (nSPS) is 12.5. The second-order valence-corrected chi connectivity index (χ2v) is 5.22. The minimum Gasteiger partial charge on any atom is -0.490 e. The highest BCUT2D eigenvalue weighted by Gasteiger charge is 2.14. The van der Waals surface area contributed by atoms with Crippen LogP contribution in [0.2, 0.25) is 0 Å². The van der Waals surface area contributed by atoms with Crippen LogP contribution < -0.4 is 10.1 Å². The van der Waals surface area contributed by atoms with Crippen molar-refractivity contribution in [1.82, 2.24) is 5.32 Å². The molecule has 0 spiro atoms. The molecule has 21 heavy (non-hydrogen) atoms. The van der Waals surface area contributed by atoms with Crippen LogP contribution in [0.25, 0.3) is 10.8 Å². The lowest BCUT2D eigenvalue weighted by molar-refractivity contribution is 0.146. The molecule has 0 aliphatic heterocycles. The molecular formula is C18H25NO2. The van der Waals surface area contributed by atoms with Crippen molar-refractivity contribution in [2.45, 2.75) is 26.3 Å². The summed E-state index contributed by atoms with van der Waals surface area (Å²) in [6, 6.07) is 12.9. The first kappa shape index (κ1) is 15.8. The van der Waals surface area contributed by atoms with Crippen LogP contribution >= 0.6 is 0 Å². The molecule has 0 saturated heterocycles. The summed E-state index contributed by atoms with van der Waals surface area (Å²) in [5.41, 5.74) is 1.21. The number of hydrogen-bond acceptors (Lipinski definition) is 3. The molecule has 0 fully saturated rings. The van der Waals surface area contributed by atoms with E-state index >= 15 is 0 Å². The molecule has 0 amide bonds. The Bertz CT molecular complexity index is 568. The van der Waals surface area contributed by atoms with Gasteiger partial charge in [-0.2, -0.15) is 0 Å². The highest BCUT2D eigenvalue weighted by atomic mass is 16.5. The maximum atomic E-state index is 6.03. The SMILES string of the molecule is CCCNC(C)c1ccc2ccccc2c1OCCOC. The van der Waals surface area contributed by atoms with Gasteiger partial charge in [-0.25, -0.2) is 0 Å². The zero-order valence-electron chi connectivity index (χ0n) is 13.2. The average Bonchev–Trinajstić information content (AvgIpc) is 2.52. The lowest BCUT2D eigenvalue weighted by atomic mass is 10.0. The van der Waals surface area contributed by atoms with E-state index in [2.05, 4.69) is 55.6 Å². The number of benzene rings is 2. The minimum absolute atomic E-state index is 0.270. The topological polar surface area (TPSA) is 30.5 Å². The van der Waals surface area contributed by atoms with Crippen molar-refractivity contribution in [3.63, 3.8) is 0 Å². The van der Waals surface area contributed by atoms with Crippen LogP contribution in [0.15, 0.2) is 36.4 Å². The summed E-state index contributed by atoms with van der Waals surface area (Å²) in [6.07, 6.45) is 1.12. The molecule has 3 heteroatoms. The first-order valence-corrected chi connectivity index (χ1v) is 7.64. The summed E-state index contributed by atoms with van der Waals surface area (Å²) >= 11 is 0. The van der Waals surface area contributed by atoms with Gasteiger partial charge in [0.05, 0.1) is 6.61 Å². The number of rotatable bonds is 8. The summed E-state index contributed by atoms with van der Waals surface area (Å²) in [5, 5.41) is 5.90. The first-order valence-electron chi connectivity index (χ1n) is 7.64. The van der Waals surface area contributed by atoms with Crippen LogP contribution in [-0.2, 0) is 4.74 Å². The first-order chi connectivity index (χ1) is 10.3. The number of nitrogens with one attached hydrogen (secondary N) is 1. The third-order valence-corrected chi connectivity index (χ3v) is 3.61. The third-order valence-electron chi connectivity index (χ3n) is 3.61. The van der Waals surface area contributed by atoms with Gasteiger partial charge in [-0.05, 0) is 25.3 Å². The van der Waals surface area contributed by atoms with Gasteiger partial charge < -0.3 is 14.8 Å². The molecule has 0 aliphatic rings. The lowest BCUT2D eigenvalue weighted by Crippen LogP contribution is -2.20. The van der Waals surface area contributed by atoms with Crippen molar-refractivity contribution in [2.24, 2.45) is 0 Å². The molecule has 1 atom stereocenters. The Labute approximate surface area is 127 Å². The van der Waals surface area contributed by atoms with Crippen molar-refractivity contribution in [3.05, 3.63) is 42.0 Å². The molecular weight excluding hydrogens is 262 g/mol. The van der Waals surface area contributed by atoms with Crippen LogP contribution in [0.4, 0.5) is 0 Å². The van der Waals surface area contributed by atoms with E-state index in [0.717, 1.165) is 24.1 Å². The van der Waals surface area contributed by atoms with Gasteiger partial charge in [0.25, 0.3) is 0 Å². The molecule has 0 aliphatic carbocycles. The molecule has 2 rings (SSSR count). The second-order valence-electron chi connectivity index (χ2n) is 5.22. The van der Waals surface area contributed by atoms with E-state index in [9.17, 15) is 0 Å². The molecule has 2 aromatic rings. The van der Waals surface area contributed by atoms with Crippen LogP contribution in [0.5, 0.6) is 5.75 Å². The summed E-state index contributed by atoms with van der Waals surface area (Å²) in [6.45, 7) is 6.53. The fraction of sp³-hybridized carbons (Fsp3) is 0.444. The maximum absolute atomic E-state index is 6.03. The van der Waals surface area contributed by atoms with Gasteiger partial charge in [-0.1, -0.05) is 43.3 Å². The predicted octanol–water partition coefficient (Wildman–Crippen LogP) is 3.93. The molecule has 3 nitrogen and oxygen atoms in total. The number of methoxy groups -OCH3 is 1. The van der Waals surface area contributed by atoms with Crippen molar-refractivity contribution < 1.29 is 9.47 Å². The van der Waals surface area contributed by atoms with Gasteiger partial charge in [0, 0.05) is 24.1 Å². The number of hydrogen-bond donors (Lipinski definition) is 1. The largest absolute Gasteiger partial charge is 0.490 e. The molecule has 1 unspecified atom stereocenters. The monoisotopic (exact) mass is 287 g/mol. The summed E-state index contributed by atoms with van der Waals surface area (Å²) in [4.78, 5) is 0. The Balaban J connectivity index is 2.35. The zero-order chi connectivity index (χ0) is 15.1. The van der Waals surface area contributed by atoms with E-state index in [1.807, 2.05) is 0 Å². The van der Waals surface area contributed by atoms with Crippen LogP contribution in [-0.4, -0.2) is 26.9 Å². The summed E-state index contributed by atoms with van der Waals surface area (Å²) in [7, 11) is 1.69. The maximum Gasteiger partial charge on any atom is 0.132 e. The molecule has 2 aromatic carbocycles. The van der Waals surface area contributed by atoms with Crippen molar-refractivity contribution in [1.29, 1.82) is 0 Å². The van der Waals surface area contributed by atoms with E-state index in [4.69, 9.17) is 9.47 Å². The van der Waals surface area contributed by atoms with Crippen LogP contribution in [0, 0.1) is 0 Å². The van der Waals surface area contributed by atoms with E-state index in [1.54, 1.807) is 7.11 Å². The van der Waals surface area contributed by atoms with Gasteiger partial charge in [-0.15, -0.1) is 0 Å². The molecule has 0 heterocycles. The standard InChI is InChI=1S/C18H25NO2/c1-4-11-19-14(2)16-10-9-15-7-5-6-8-17(15)18(16)21-13-12-20-3/h5-10,14,19H,4,11-13H2,1-3H3. The molecule has 0 bridgehead atoms. The van der Waals surface area contributed by atoms with Gasteiger partial charge >= 0.3 is 0 Å². The Kier molecular flexibility index (Phi) is 6.03. The lowest BCUT2D eigenvalue weighted by Gasteiger charge is -2.20. The zero-order valence-corrected chi connectivity index (χ0v) is 13.2. The Morgan fingerprint density at radius 1 is 1.10 bits per heavy atom. The fourth-order valence-electron chi connectivity index (χ4n) is 2.46. The van der Waals surface area contributed by atoms with E-state index in [1.165, 1.54) is 10.9 Å². The molecule has 0 radical (unpaired) electrons.